The first kappa shape index (κ1) is 12.9. The van der Waals surface area contributed by atoms with Crippen LogP contribution in [0.4, 0.5) is 0 Å². The van der Waals surface area contributed by atoms with Crippen molar-refractivity contribution >= 4 is 0 Å². The van der Waals surface area contributed by atoms with Crippen LogP contribution in [0.5, 0.6) is 0 Å². The van der Waals surface area contributed by atoms with E-state index in [-0.39, 0.29) is 11.6 Å². The maximum absolute atomic E-state index is 9.34. The van der Waals surface area contributed by atoms with E-state index in [0.29, 0.717) is 6.04 Å². The number of aliphatic hydroxyl groups is 1. The van der Waals surface area contributed by atoms with Crippen molar-refractivity contribution in [3.05, 3.63) is 0 Å². The molecule has 0 saturated heterocycles. The van der Waals surface area contributed by atoms with Crippen molar-refractivity contribution in [2.24, 2.45) is 5.73 Å². The first-order chi connectivity index (χ1) is 7.08. The highest BCUT2D eigenvalue weighted by atomic mass is 16.3. The van der Waals surface area contributed by atoms with Crippen LogP contribution < -0.4 is 11.1 Å². The Balaban J connectivity index is 2.43. The molecule has 2 unspecified atom stereocenters. The van der Waals surface area contributed by atoms with Gasteiger partial charge in [0, 0.05) is 18.1 Å². The minimum absolute atomic E-state index is 0.145. The van der Waals surface area contributed by atoms with Gasteiger partial charge in [-0.3, -0.25) is 0 Å². The Morgan fingerprint density at radius 1 is 1.27 bits per heavy atom. The molecule has 0 aliphatic heterocycles. The van der Waals surface area contributed by atoms with Crippen LogP contribution in [-0.4, -0.2) is 29.3 Å². The highest BCUT2D eigenvalue weighted by molar-refractivity contribution is 4.93. The fraction of sp³-hybridized carbons (Fsp3) is 1.00. The molecule has 0 bridgehead atoms. The third kappa shape index (κ3) is 4.09. The summed E-state index contributed by atoms with van der Waals surface area (Å²) in [5, 5.41) is 13.0. The van der Waals surface area contributed by atoms with Crippen molar-refractivity contribution in [2.45, 2.75) is 70.1 Å². The van der Waals surface area contributed by atoms with E-state index in [1.54, 1.807) is 0 Å². The molecule has 0 aromatic rings. The van der Waals surface area contributed by atoms with E-state index in [0.717, 1.165) is 13.0 Å². The molecule has 1 aliphatic carbocycles. The predicted molar refractivity (Wildman–Crippen MR) is 63.8 cm³/mol. The molecule has 4 N–H and O–H groups in total. The van der Waals surface area contributed by atoms with Gasteiger partial charge in [-0.2, -0.15) is 0 Å². The second kappa shape index (κ2) is 5.83. The third-order valence-corrected chi connectivity index (χ3v) is 3.45. The predicted octanol–water partition coefficient (Wildman–Crippen LogP) is 1.40. The lowest BCUT2D eigenvalue weighted by atomic mass is 9.81. The quantitative estimate of drug-likeness (QED) is 0.648. The van der Waals surface area contributed by atoms with Gasteiger partial charge in [0.15, 0.2) is 0 Å². The molecule has 1 rings (SSSR count). The Morgan fingerprint density at radius 2 is 1.87 bits per heavy atom. The maximum Gasteiger partial charge on any atom is 0.0526 e. The Morgan fingerprint density at radius 3 is 2.33 bits per heavy atom. The number of hydrogen-bond acceptors (Lipinski definition) is 3. The third-order valence-electron chi connectivity index (χ3n) is 3.45. The van der Waals surface area contributed by atoms with E-state index in [4.69, 9.17) is 5.73 Å². The van der Waals surface area contributed by atoms with Crippen LogP contribution in [0.3, 0.4) is 0 Å². The lowest BCUT2D eigenvalue weighted by Crippen LogP contribution is -2.55. The Kier molecular flexibility index (Phi) is 5.03. The number of rotatable bonds is 5. The van der Waals surface area contributed by atoms with Crippen molar-refractivity contribution < 1.29 is 5.11 Å². The average Bonchev–Trinajstić information content (AvgIpc) is 2.17. The van der Waals surface area contributed by atoms with Gasteiger partial charge in [-0.25, -0.2) is 0 Å². The molecule has 90 valence electrons. The van der Waals surface area contributed by atoms with Crippen LogP contribution >= 0.6 is 0 Å². The molecule has 0 radical (unpaired) electrons. The Bertz CT molecular complexity index is 176. The summed E-state index contributed by atoms with van der Waals surface area (Å²) < 4.78 is 0. The molecule has 1 aliphatic rings. The smallest absolute Gasteiger partial charge is 0.0526 e. The summed E-state index contributed by atoms with van der Waals surface area (Å²) in [6.45, 7) is 4.70. The fourth-order valence-electron chi connectivity index (χ4n) is 2.73. The van der Waals surface area contributed by atoms with Crippen LogP contribution in [0.15, 0.2) is 0 Å². The normalized spacial score (nSPS) is 24.8. The topological polar surface area (TPSA) is 58.3 Å². The van der Waals surface area contributed by atoms with Crippen LogP contribution in [0.1, 0.15) is 52.4 Å². The standard InChI is InChI=1S/C12H26N2O/c1-10(8-11(2)15)14-12(9-13)6-4-3-5-7-12/h10-11,14-15H,3-9,13H2,1-2H3. The number of nitrogens with one attached hydrogen (secondary N) is 1. The highest BCUT2D eigenvalue weighted by Gasteiger charge is 2.31. The van der Waals surface area contributed by atoms with Gasteiger partial charge in [0.25, 0.3) is 0 Å². The zero-order chi connectivity index (χ0) is 11.3. The van der Waals surface area contributed by atoms with Crippen molar-refractivity contribution in [2.75, 3.05) is 6.54 Å². The molecular weight excluding hydrogens is 188 g/mol. The molecule has 0 amide bonds. The molecule has 3 nitrogen and oxygen atoms in total. The van der Waals surface area contributed by atoms with Crippen LogP contribution in [0, 0.1) is 0 Å². The SMILES string of the molecule is CC(O)CC(C)NC1(CN)CCCCC1. The van der Waals surface area contributed by atoms with Gasteiger partial charge < -0.3 is 16.2 Å². The molecule has 3 heteroatoms. The fourth-order valence-corrected chi connectivity index (χ4v) is 2.73. The van der Waals surface area contributed by atoms with Gasteiger partial charge in [-0.15, -0.1) is 0 Å². The van der Waals surface area contributed by atoms with E-state index >= 15 is 0 Å². The summed E-state index contributed by atoms with van der Waals surface area (Å²) in [4.78, 5) is 0. The summed E-state index contributed by atoms with van der Waals surface area (Å²) in [6.07, 6.45) is 6.86. The molecule has 1 saturated carbocycles. The van der Waals surface area contributed by atoms with Gasteiger partial charge in [0.2, 0.25) is 0 Å². The second-order valence-corrected chi connectivity index (χ2v) is 5.18. The average molecular weight is 214 g/mol. The molecule has 0 heterocycles. The highest BCUT2D eigenvalue weighted by Crippen LogP contribution is 2.28. The summed E-state index contributed by atoms with van der Waals surface area (Å²) in [5.74, 6) is 0. The molecular formula is C12H26N2O. The largest absolute Gasteiger partial charge is 0.393 e. The van der Waals surface area contributed by atoms with Crippen LogP contribution in [-0.2, 0) is 0 Å². The zero-order valence-corrected chi connectivity index (χ0v) is 10.1. The maximum atomic E-state index is 9.34. The summed E-state index contributed by atoms with van der Waals surface area (Å²) in [6, 6.07) is 0.353. The van der Waals surface area contributed by atoms with Crippen molar-refractivity contribution in [1.82, 2.24) is 5.32 Å². The van der Waals surface area contributed by atoms with Gasteiger partial charge in [0.05, 0.1) is 6.10 Å². The molecule has 0 spiro atoms. The van der Waals surface area contributed by atoms with E-state index in [1.165, 1.54) is 32.1 Å². The minimum Gasteiger partial charge on any atom is -0.393 e. The van der Waals surface area contributed by atoms with Crippen molar-refractivity contribution in [1.29, 1.82) is 0 Å². The summed E-state index contributed by atoms with van der Waals surface area (Å²) in [7, 11) is 0. The van der Waals surface area contributed by atoms with Gasteiger partial charge in [0.1, 0.15) is 0 Å². The first-order valence-electron chi connectivity index (χ1n) is 6.24. The first-order valence-corrected chi connectivity index (χ1v) is 6.24. The number of aliphatic hydroxyl groups excluding tert-OH is 1. The summed E-state index contributed by atoms with van der Waals surface area (Å²) >= 11 is 0. The van der Waals surface area contributed by atoms with Crippen LogP contribution in [0.2, 0.25) is 0 Å². The van der Waals surface area contributed by atoms with E-state index < -0.39 is 0 Å². The molecule has 2 atom stereocenters. The van der Waals surface area contributed by atoms with Crippen molar-refractivity contribution in [3.63, 3.8) is 0 Å². The zero-order valence-electron chi connectivity index (χ0n) is 10.1. The van der Waals surface area contributed by atoms with E-state index in [1.807, 2.05) is 6.92 Å². The number of nitrogens with two attached hydrogens (primary N) is 1. The molecule has 0 aromatic carbocycles. The van der Waals surface area contributed by atoms with E-state index in [9.17, 15) is 5.11 Å². The molecule has 1 fully saturated rings. The lowest BCUT2D eigenvalue weighted by Gasteiger charge is -2.40. The van der Waals surface area contributed by atoms with Crippen molar-refractivity contribution in [3.8, 4) is 0 Å². The molecule has 0 aromatic heterocycles. The lowest BCUT2D eigenvalue weighted by molar-refractivity contribution is 0.148. The monoisotopic (exact) mass is 214 g/mol. The van der Waals surface area contributed by atoms with Crippen LogP contribution in [0.25, 0.3) is 0 Å². The van der Waals surface area contributed by atoms with Gasteiger partial charge >= 0.3 is 0 Å². The van der Waals surface area contributed by atoms with E-state index in [2.05, 4.69) is 12.2 Å². The van der Waals surface area contributed by atoms with Gasteiger partial charge in [-0.05, 0) is 33.1 Å². The minimum atomic E-state index is -0.231. The molecule has 15 heavy (non-hydrogen) atoms. The number of hydrogen-bond donors (Lipinski definition) is 3. The van der Waals surface area contributed by atoms with Gasteiger partial charge in [-0.1, -0.05) is 19.3 Å². The Hall–Kier alpha value is -0.120. The second-order valence-electron chi connectivity index (χ2n) is 5.18. The Labute approximate surface area is 93.4 Å². The summed E-state index contributed by atoms with van der Waals surface area (Å²) in [5.41, 5.74) is 6.04.